The van der Waals surface area contributed by atoms with Crippen LogP contribution in [0.15, 0.2) is 41.7 Å². The van der Waals surface area contributed by atoms with Crippen LogP contribution in [0.25, 0.3) is 11.3 Å². The number of aliphatic hydroxyl groups is 1. The zero-order valence-corrected chi connectivity index (χ0v) is 13.4. The highest BCUT2D eigenvalue weighted by Crippen LogP contribution is 2.28. The molecule has 0 aliphatic carbocycles. The van der Waals surface area contributed by atoms with Crippen LogP contribution in [0.4, 0.5) is 0 Å². The Kier molecular flexibility index (Phi) is 4.77. The molecule has 0 aromatic carbocycles. The molecule has 1 atom stereocenters. The number of hydrogen-bond acceptors (Lipinski definition) is 6. The lowest BCUT2D eigenvalue weighted by atomic mass is 10.1. The van der Waals surface area contributed by atoms with Gasteiger partial charge in [-0.15, -0.1) is 0 Å². The van der Waals surface area contributed by atoms with Crippen molar-refractivity contribution in [2.75, 3.05) is 6.26 Å². The van der Waals surface area contributed by atoms with E-state index < -0.39 is 16.1 Å². The first-order chi connectivity index (χ1) is 10.3. The second kappa shape index (κ2) is 6.41. The normalized spacial score (nSPS) is 13.1. The topological polar surface area (TPSA) is 89.4 Å². The molecule has 1 unspecified atom stereocenters. The van der Waals surface area contributed by atoms with Crippen LogP contribution in [0.3, 0.4) is 0 Å². The van der Waals surface area contributed by atoms with Crippen molar-refractivity contribution in [1.82, 2.24) is 9.97 Å². The van der Waals surface area contributed by atoms with E-state index in [-0.39, 0.29) is 10.9 Å². The van der Waals surface area contributed by atoms with Gasteiger partial charge in [-0.1, -0.05) is 13.8 Å². The summed E-state index contributed by atoms with van der Waals surface area (Å²) in [5, 5.41) is 9.85. The lowest BCUT2D eigenvalue weighted by Gasteiger charge is -2.18. The van der Waals surface area contributed by atoms with Gasteiger partial charge in [0.15, 0.2) is 21.2 Å². The van der Waals surface area contributed by atoms with Gasteiger partial charge < -0.3 is 9.84 Å². The van der Waals surface area contributed by atoms with Crippen molar-refractivity contribution in [1.29, 1.82) is 0 Å². The fourth-order valence-corrected chi connectivity index (χ4v) is 2.27. The lowest BCUT2D eigenvalue weighted by Crippen LogP contribution is -2.22. The van der Waals surface area contributed by atoms with Crippen LogP contribution in [0.1, 0.15) is 13.8 Å². The molecule has 118 valence electrons. The first kappa shape index (κ1) is 16.4. The summed E-state index contributed by atoms with van der Waals surface area (Å²) in [7, 11) is -3.34. The van der Waals surface area contributed by atoms with Gasteiger partial charge >= 0.3 is 0 Å². The maximum atomic E-state index is 11.4. The van der Waals surface area contributed by atoms with Crippen molar-refractivity contribution >= 4 is 9.84 Å². The summed E-state index contributed by atoms with van der Waals surface area (Å²) in [6, 6.07) is 6.42. The summed E-state index contributed by atoms with van der Waals surface area (Å²) in [6.45, 7) is 3.67. The third-order valence-electron chi connectivity index (χ3n) is 2.98. The average molecular weight is 322 g/mol. The van der Waals surface area contributed by atoms with Crippen LogP contribution in [0.2, 0.25) is 0 Å². The van der Waals surface area contributed by atoms with Crippen LogP contribution >= 0.6 is 0 Å². The average Bonchev–Trinajstić information content (AvgIpc) is 2.47. The second-order valence-electron chi connectivity index (χ2n) is 5.26. The number of hydrogen-bond donors (Lipinski definition) is 1. The zero-order valence-electron chi connectivity index (χ0n) is 12.6. The fraction of sp³-hybridized carbons (Fsp3) is 0.333. The molecule has 0 radical (unpaired) electrons. The Morgan fingerprint density at radius 3 is 2.45 bits per heavy atom. The van der Waals surface area contributed by atoms with Gasteiger partial charge in [0.25, 0.3) is 0 Å². The molecule has 2 aromatic heterocycles. The summed E-state index contributed by atoms with van der Waals surface area (Å²) in [5.74, 6) is 0.344. The van der Waals surface area contributed by atoms with Crippen LogP contribution in [-0.4, -0.2) is 36.0 Å². The van der Waals surface area contributed by atoms with Crippen LogP contribution in [0, 0.1) is 5.92 Å². The molecule has 0 spiro atoms. The largest absolute Gasteiger partial charge is 0.463 e. The molecule has 0 saturated heterocycles. The standard InChI is InChI=1S/C15H18N2O4S/c1-10(2)15(18)21-12-5-4-8-16-14(12)11-6-7-13(17-9-11)22(3,19)20/h4-10,15,18H,1-3H3. The van der Waals surface area contributed by atoms with Gasteiger partial charge in [-0.25, -0.2) is 13.4 Å². The molecule has 0 aliphatic heterocycles. The van der Waals surface area contributed by atoms with Crippen LogP contribution < -0.4 is 4.74 Å². The molecule has 0 fully saturated rings. The number of pyridine rings is 2. The van der Waals surface area contributed by atoms with Gasteiger partial charge in [0.1, 0.15) is 11.4 Å². The number of rotatable bonds is 5. The Morgan fingerprint density at radius 1 is 1.18 bits per heavy atom. The predicted molar refractivity (Wildman–Crippen MR) is 82.1 cm³/mol. The van der Waals surface area contributed by atoms with E-state index in [1.165, 1.54) is 12.3 Å². The smallest absolute Gasteiger partial charge is 0.199 e. The summed E-state index contributed by atoms with van der Waals surface area (Å²) in [6.07, 6.45) is 3.16. The highest BCUT2D eigenvalue weighted by atomic mass is 32.2. The molecular formula is C15H18N2O4S. The number of aromatic nitrogens is 2. The minimum absolute atomic E-state index is 0.00290. The van der Waals surface area contributed by atoms with Gasteiger partial charge in [0.2, 0.25) is 0 Å². The Hall–Kier alpha value is -1.99. The molecule has 2 heterocycles. The van der Waals surface area contributed by atoms with Gasteiger partial charge in [-0.2, -0.15) is 0 Å². The molecular weight excluding hydrogens is 304 g/mol. The quantitative estimate of drug-likeness (QED) is 0.846. The molecule has 1 N–H and O–H groups in total. The van der Waals surface area contributed by atoms with Gasteiger partial charge in [-0.05, 0) is 24.3 Å². The summed E-state index contributed by atoms with van der Waals surface area (Å²) in [4.78, 5) is 8.16. The number of aliphatic hydroxyl groups excluding tert-OH is 1. The Labute approximate surface area is 129 Å². The number of sulfone groups is 1. The minimum atomic E-state index is -3.34. The van der Waals surface area contributed by atoms with E-state index in [0.717, 1.165) is 6.26 Å². The first-order valence-corrected chi connectivity index (χ1v) is 8.64. The van der Waals surface area contributed by atoms with E-state index in [1.807, 2.05) is 13.8 Å². The Morgan fingerprint density at radius 2 is 1.91 bits per heavy atom. The number of nitrogens with zero attached hydrogens (tertiary/aromatic N) is 2. The molecule has 22 heavy (non-hydrogen) atoms. The van der Waals surface area contributed by atoms with Crippen molar-refractivity contribution < 1.29 is 18.3 Å². The molecule has 0 bridgehead atoms. The molecule has 0 saturated carbocycles. The van der Waals surface area contributed by atoms with Crippen LogP contribution in [0.5, 0.6) is 5.75 Å². The van der Waals surface area contributed by atoms with E-state index in [0.29, 0.717) is 17.0 Å². The Balaban J connectivity index is 2.37. The SMILES string of the molecule is CC(C)C(O)Oc1cccnc1-c1ccc(S(C)(=O)=O)nc1. The van der Waals surface area contributed by atoms with Crippen molar-refractivity contribution in [3.05, 3.63) is 36.7 Å². The molecule has 7 heteroatoms. The fourth-order valence-electron chi connectivity index (χ4n) is 1.71. The molecule has 0 amide bonds. The third-order valence-corrected chi connectivity index (χ3v) is 3.98. The zero-order chi connectivity index (χ0) is 16.3. The highest BCUT2D eigenvalue weighted by Gasteiger charge is 2.16. The van der Waals surface area contributed by atoms with Crippen LogP contribution in [-0.2, 0) is 9.84 Å². The van der Waals surface area contributed by atoms with Crippen molar-refractivity contribution in [3.8, 4) is 17.0 Å². The highest BCUT2D eigenvalue weighted by molar-refractivity contribution is 7.90. The van der Waals surface area contributed by atoms with E-state index >= 15 is 0 Å². The van der Waals surface area contributed by atoms with Gasteiger partial charge in [0, 0.05) is 30.1 Å². The molecule has 0 aliphatic rings. The number of ether oxygens (including phenoxy) is 1. The Bertz CT molecular complexity index is 742. The maximum Gasteiger partial charge on any atom is 0.199 e. The summed E-state index contributed by atoms with van der Waals surface area (Å²) < 4.78 is 28.4. The van der Waals surface area contributed by atoms with E-state index in [2.05, 4.69) is 9.97 Å². The van der Waals surface area contributed by atoms with Crippen molar-refractivity contribution in [3.63, 3.8) is 0 Å². The summed E-state index contributed by atoms with van der Waals surface area (Å²) >= 11 is 0. The van der Waals surface area contributed by atoms with Crippen molar-refractivity contribution in [2.45, 2.75) is 25.2 Å². The molecule has 6 nitrogen and oxygen atoms in total. The summed E-state index contributed by atoms with van der Waals surface area (Å²) in [5.41, 5.74) is 1.11. The molecule has 2 aromatic rings. The monoisotopic (exact) mass is 322 g/mol. The van der Waals surface area contributed by atoms with Gasteiger partial charge in [-0.3, -0.25) is 4.98 Å². The predicted octanol–water partition coefficient (Wildman–Crippen LogP) is 1.90. The molecule has 2 rings (SSSR count). The van der Waals surface area contributed by atoms with Gasteiger partial charge in [0.05, 0.1) is 0 Å². The van der Waals surface area contributed by atoms with E-state index in [4.69, 9.17) is 4.74 Å². The van der Waals surface area contributed by atoms with Crippen molar-refractivity contribution in [2.24, 2.45) is 5.92 Å². The second-order valence-corrected chi connectivity index (χ2v) is 7.22. The first-order valence-electron chi connectivity index (χ1n) is 6.75. The van der Waals surface area contributed by atoms with E-state index in [9.17, 15) is 13.5 Å². The lowest BCUT2D eigenvalue weighted by molar-refractivity contribution is -0.0513. The minimum Gasteiger partial charge on any atom is -0.463 e. The maximum absolute atomic E-state index is 11.4. The van der Waals surface area contributed by atoms with E-state index in [1.54, 1.807) is 24.4 Å². The third kappa shape index (κ3) is 3.80.